The predicted molar refractivity (Wildman–Crippen MR) is 75.0 cm³/mol. The average Bonchev–Trinajstić information content (AvgIpc) is 2.77. The Morgan fingerprint density at radius 1 is 1.53 bits per heavy atom. The zero-order chi connectivity index (χ0) is 12.4. The highest BCUT2D eigenvalue weighted by Gasteiger charge is 2.12. The third-order valence-corrected chi connectivity index (χ3v) is 4.04. The van der Waals surface area contributed by atoms with Crippen LogP contribution in [0.25, 0.3) is 10.6 Å². The SMILES string of the molecule is Cc1ccc(-c2nc(C(=O)CCl)cs2)c(Br)c1. The van der Waals surface area contributed by atoms with Crippen LogP contribution >= 0.6 is 38.9 Å². The van der Waals surface area contributed by atoms with Crippen LogP contribution in [0.3, 0.4) is 0 Å². The lowest BCUT2D eigenvalue weighted by Crippen LogP contribution is -2.00. The summed E-state index contributed by atoms with van der Waals surface area (Å²) in [5.41, 5.74) is 2.61. The van der Waals surface area contributed by atoms with Gasteiger partial charge in [-0.05, 0) is 18.6 Å². The number of hydrogen-bond donors (Lipinski definition) is 0. The summed E-state index contributed by atoms with van der Waals surface area (Å²) in [6, 6.07) is 6.04. The van der Waals surface area contributed by atoms with E-state index < -0.39 is 0 Å². The molecule has 0 saturated heterocycles. The molecular formula is C12H9BrClNOS. The number of aryl methyl sites for hydroxylation is 1. The molecule has 0 N–H and O–H groups in total. The highest BCUT2D eigenvalue weighted by Crippen LogP contribution is 2.31. The second-order valence-corrected chi connectivity index (χ2v) is 5.56. The van der Waals surface area contributed by atoms with Crippen LogP contribution in [0.2, 0.25) is 0 Å². The van der Waals surface area contributed by atoms with Gasteiger partial charge in [-0.2, -0.15) is 0 Å². The third-order valence-electron chi connectivity index (χ3n) is 2.27. The van der Waals surface area contributed by atoms with Crippen LogP contribution in [0.1, 0.15) is 16.1 Å². The Labute approximate surface area is 117 Å². The van der Waals surface area contributed by atoms with E-state index in [2.05, 4.69) is 20.9 Å². The standard InChI is InChI=1S/C12H9BrClNOS/c1-7-2-3-8(9(13)4-7)12-15-10(6-17-12)11(16)5-14/h2-4,6H,5H2,1H3. The van der Waals surface area contributed by atoms with Crippen molar-refractivity contribution in [2.75, 3.05) is 5.88 Å². The number of rotatable bonds is 3. The highest BCUT2D eigenvalue weighted by atomic mass is 79.9. The maximum absolute atomic E-state index is 11.4. The molecule has 2 rings (SSSR count). The van der Waals surface area contributed by atoms with Gasteiger partial charge in [0.2, 0.25) is 0 Å². The van der Waals surface area contributed by atoms with Gasteiger partial charge in [-0.25, -0.2) is 4.98 Å². The second-order valence-electron chi connectivity index (χ2n) is 3.58. The largest absolute Gasteiger partial charge is 0.291 e. The van der Waals surface area contributed by atoms with E-state index >= 15 is 0 Å². The van der Waals surface area contributed by atoms with Gasteiger partial charge in [0.1, 0.15) is 10.7 Å². The summed E-state index contributed by atoms with van der Waals surface area (Å²) in [4.78, 5) is 15.7. The molecule has 0 atom stereocenters. The van der Waals surface area contributed by atoms with Gasteiger partial charge in [0, 0.05) is 15.4 Å². The highest BCUT2D eigenvalue weighted by molar-refractivity contribution is 9.10. The van der Waals surface area contributed by atoms with Gasteiger partial charge in [0.15, 0.2) is 5.78 Å². The monoisotopic (exact) mass is 329 g/mol. The molecule has 88 valence electrons. The first-order valence-corrected chi connectivity index (χ1v) is 7.13. The molecular weight excluding hydrogens is 322 g/mol. The minimum atomic E-state index is -0.141. The smallest absolute Gasteiger partial charge is 0.196 e. The van der Waals surface area contributed by atoms with Crippen molar-refractivity contribution in [1.29, 1.82) is 0 Å². The lowest BCUT2D eigenvalue weighted by molar-refractivity contribution is 0.101. The van der Waals surface area contributed by atoms with Gasteiger partial charge < -0.3 is 0 Å². The Kier molecular flexibility index (Phi) is 3.97. The lowest BCUT2D eigenvalue weighted by Gasteiger charge is -2.01. The van der Waals surface area contributed by atoms with Crippen molar-refractivity contribution in [3.63, 3.8) is 0 Å². The van der Waals surface area contributed by atoms with E-state index in [9.17, 15) is 4.79 Å². The molecule has 0 fully saturated rings. The van der Waals surface area contributed by atoms with E-state index in [-0.39, 0.29) is 11.7 Å². The van der Waals surface area contributed by atoms with Gasteiger partial charge in [-0.15, -0.1) is 22.9 Å². The number of aromatic nitrogens is 1. The molecule has 0 unspecified atom stereocenters. The Hall–Kier alpha value is -0.710. The van der Waals surface area contributed by atoms with E-state index in [0.29, 0.717) is 5.69 Å². The van der Waals surface area contributed by atoms with Crippen LogP contribution in [0, 0.1) is 6.92 Å². The normalized spacial score (nSPS) is 10.5. The number of nitrogens with zero attached hydrogens (tertiary/aromatic N) is 1. The molecule has 0 radical (unpaired) electrons. The Morgan fingerprint density at radius 3 is 2.94 bits per heavy atom. The molecule has 1 aromatic carbocycles. The van der Waals surface area contributed by atoms with E-state index in [1.165, 1.54) is 16.9 Å². The Bertz CT molecular complexity index is 567. The zero-order valence-corrected chi connectivity index (χ0v) is 12.2. The van der Waals surface area contributed by atoms with Gasteiger partial charge in [-0.1, -0.05) is 28.1 Å². The maximum atomic E-state index is 11.4. The molecule has 17 heavy (non-hydrogen) atoms. The summed E-state index contributed by atoms with van der Waals surface area (Å²) in [5, 5.41) is 2.57. The quantitative estimate of drug-likeness (QED) is 0.620. The van der Waals surface area contributed by atoms with Crippen molar-refractivity contribution in [3.05, 3.63) is 39.3 Å². The summed E-state index contributed by atoms with van der Waals surface area (Å²) in [7, 11) is 0. The molecule has 2 nitrogen and oxygen atoms in total. The first-order valence-electron chi connectivity index (χ1n) is 4.93. The van der Waals surface area contributed by atoms with Gasteiger partial charge >= 0.3 is 0 Å². The van der Waals surface area contributed by atoms with Crippen molar-refractivity contribution in [1.82, 2.24) is 4.98 Å². The van der Waals surface area contributed by atoms with Crippen LogP contribution in [-0.4, -0.2) is 16.6 Å². The number of thiazole rings is 1. The number of carbonyl (C=O) groups excluding carboxylic acids is 1. The number of halogens is 2. The summed E-state index contributed by atoms with van der Waals surface area (Å²) in [6.45, 7) is 2.03. The fourth-order valence-corrected chi connectivity index (χ4v) is 3.20. The van der Waals surface area contributed by atoms with E-state index in [1.807, 2.05) is 25.1 Å². The molecule has 2 aromatic rings. The first kappa shape index (κ1) is 12.7. The number of ketones is 1. The predicted octanol–water partition coefficient (Wildman–Crippen LogP) is 4.30. The van der Waals surface area contributed by atoms with Crippen molar-refractivity contribution in [2.45, 2.75) is 6.92 Å². The minimum absolute atomic E-state index is 0.0295. The topological polar surface area (TPSA) is 30.0 Å². The third kappa shape index (κ3) is 2.76. The molecule has 0 aliphatic carbocycles. The molecule has 0 saturated carbocycles. The molecule has 1 heterocycles. The Balaban J connectivity index is 2.40. The van der Waals surface area contributed by atoms with Crippen LogP contribution in [0.5, 0.6) is 0 Å². The maximum Gasteiger partial charge on any atom is 0.196 e. The Morgan fingerprint density at radius 2 is 2.29 bits per heavy atom. The fourth-order valence-electron chi connectivity index (χ4n) is 1.39. The van der Waals surface area contributed by atoms with Crippen molar-refractivity contribution in [2.24, 2.45) is 0 Å². The minimum Gasteiger partial charge on any atom is -0.291 e. The number of alkyl halides is 1. The summed E-state index contributed by atoms with van der Waals surface area (Å²) < 4.78 is 0.983. The van der Waals surface area contributed by atoms with Crippen LogP contribution in [0.4, 0.5) is 0 Å². The second kappa shape index (κ2) is 5.29. The zero-order valence-electron chi connectivity index (χ0n) is 9.04. The van der Waals surface area contributed by atoms with Gasteiger partial charge in [0.05, 0.1) is 5.88 Å². The molecule has 0 bridgehead atoms. The van der Waals surface area contributed by atoms with Crippen molar-refractivity contribution >= 4 is 44.7 Å². The molecule has 0 aliphatic heterocycles. The average molecular weight is 331 g/mol. The van der Waals surface area contributed by atoms with Gasteiger partial charge in [0.25, 0.3) is 0 Å². The lowest BCUT2D eigenvalue weighted by atomic mass is 10.2. The molecule has 0 spiro atoms. The van der Waals surface area contributed by atoms with E-state index in [1.54, 1.807) is 5.38 Å². The first-order chi connectivity index (χ1) is 8.11. The molecule has 0 aliphatic rings. The van der Waals surface area contributed by atoms with Gasteiger partial charge in [-0.3, -0.25) is 4.79 Å². The van der Waals surface area contributed by atoms with Crippen LogP contribution in [0.15, 0.2) is 28.1 Å². The number of carbonyl (C=O) groups is 1. The summed E-state index contributed by atoms with van der Waals surface area (Å²) >= 11 is 10.4. The van der Waals surface area contributed by atoms with Crippen molar-refractivity contribution < 1.29 is 4.79 Å². The van der Waals surface area contributed by atoms with E-state index in [4.69, 9.17) is 11.6 Å². The number of benzene rings is 1. The summed E-state index contributed by atoms with van der Waals surface area (Å²) in [6.07, 6.45) is 0. The fraction of sp³-hybridized carbons (Fsp3) is 0.167. The van der Waals surface area contributed by atoms with Crippen LogP contribution < -0.4 is 0 Å². The van der Waals surface area contributed by atoms with E-state index in [0.717, 1.165) is 15.0 Å². The summed E-state index contributed by atoms with van der Waals surface area (Å²) in [5.74, 6) is -0.171. The number of Topliss-reactive ketones (excluding diaryl/α,β-unsaturated/α-hetero) is 1. The molecule has 0 amide bonds. The molecule has 5 heteroatoms. The number of hydrogen-bond acceptors (Lipinski definition) is 3. The van der Waals surface area contributed by atoms with Crippen molar-refractivity contribution in [3.8, 4) is 10.6 Å². The van der Waals surface area contributed by atoms with Crippen LogP contribution in [-0.2, 0) is 0 Å². The molecule has 1 aromatic heterocycles.